The number of rotatable bonds is 52. The third kappa shape index (κ3) is 47.0. The van der Waals surface area contributed by atoms with Crippen LogP contribution in [0.2, 0.25) is 0 Å². The molecule has 0 unspecified atom stereocenters. The molecule has 0 bridgehead atoms. The number of methoxy groups -OCH3 is 5. The average Bonchev–Trinajstić information content (AvgIpc) is 0.828. The monoisotopic (exact) mass is 1470 g/mol. The van der Waals surface area contributed by atoms with E-state index in [-0.39, 0.29) is 16.8 Å². The minimum absolute atomic E-state index is 0.0525. The fourth-order valence-corrected chi connectivity index (χ4v) is 11.5. The molecule has 0 aromatic carbocycles. The summed E-state index contributed by atoms with van der Waals surface area (Å²) < 4.78 is 99.2. The van der Waals surface area contributed by atoms with E-state index in [1.54, 1.807) is 35.5 Å². The minimum Gasteiger partial charge on any atom is -0.465 e. The van der Waals surface area contributed by atoms with Crippen LogP contribution in [0, 0.1) is 43.3 Å². The molecule has 0 N–H and O–H groups in total. The summed E-state index contributed by atoms with van der Waals surface area (Å²) in [6, 6.07) is 0. The molecule has 20 nitrogen and oxygen atoms in total. The van der Waals surface area contributed by atoms with Gasteiger partial charge in [-0.2, -0.15) is 0 Å². The Morgan fingerprint density at radius 1 is 0.255 bits per heavy atom. The summed E-state index contributed by atoms with van der Waals surface area (Å²) in [5.41, 5.74) is 2.41. The van der Waals surface area contributed by atoms with E-state index < -0.39 is 0 Å². The third-order valence-corrected chi connectivity index (χ3v) is 20.2. The molecule has 610 valence electrons. The van der Waals surface area contributed by atoms with Crippen LogP contribution in [0.3, 0.4) is 0 Å². The van der Waals surface area contributed by atoms with Gasteiger partial charge >= 0.3 is 5.97 Å². The second-order valence-electron chi connectivity index (χ2n) is 32.1. The van der Waals surface area contributed by atoms with Crippen molar-refractivity contribution in [3.63, 3.8) is 0 Å². The molecule has 8 rings (SSSR count). The maximum Gasteiger partial charge on any atom is 0.305 e. The van der Waals surface area contributed by atoms with Gasteiger partial charge in [0.25, 0.3) is 0 Å². The van der Waals surface area contributed by atoms with Gasteiger partial charge in [0.05, 0.1) is 165 Å². The van der Waals surface area contributed by atoms with Gasteiger partial charge in [-0.3, -0.25) is 4.79 Å². The minimum atomic E-state index is -0.143. The van der Waals surface area contributed by atoms with Gasteiger partial charge in [0.2, 0.25) is 0 Å². The normalized spacial score (nSPS) is 19.9. The molecule has 0 aliphatic carbocycles. The molecular formula is C82H162O20. The van der Waals surface area contributed by atoms with Crippen molar-refractivity contribution in [3.8, 4) is 0 Å². The summed E-state index contributed by atoms with van der Waals surface area (Å²) in [5, 5.41) is 0. The van der Waals surface area contributed by atoms with Gasteiger partial charge in [0.1, 0.15) is 6.61 Å². The van der Waals surface area contributed by atoms with Crippen LogP contribution in [0.25, 0.3) is 0 Å². The zero-order valence-electron chi connectivity index (χ0n) is 69.0. The summed E-state index contributed by atoms with van der Waals surface area (Å²) in [5.74, 6) is -0.143. The van der Waals surface area contributed by atoms with E-state index in [0.717, 1.165) is 197 Å². The van der Waals surface area contributed by atoms with Gasteiger partial charge in [-0.25, -0.2) is 0 Å². The van der Waals surface area contributed by atoms with Crippen LogP contribution in [0.5, 0.6) is 0 Å². The topological polar surface area (TPSA) is 192 Å². The van der Waals surface area contributed by atoms with E-state index in [2.05, 4.69) is 76.2 Å². The lowest BCUT2D eigenvalue weighted by Crippen LogP contribution is -2.45. The fourth-order valence-electron chi connectivity index (χ4n) is 11.5. The number of carbonyl (C=O) groups is 1. The molecule has 0 saturated carbocycles. The van der Waals surface area contributed by atoms with Crippen molar-refractivity contribution in [2.24, 2.45) is 43.3 Å². The highest BCUT2D eigenvalue weighted by Gasteiger charge is 2.41. The molecule has 0 spiro atoms. The highest BCUT2D eigenvalue weighted by Crippen LogP contribution is 2.35. The Hall–Kier alpha value is -1.25. The maximum absolute atomic E-state index is 11.2. The van der Waals surface area contributed by atoms with Gasteiger partial charge in [-0.05, 0) is 64.2 Å². The van der Waals surface area contributed by atoms with E-state index in [0.29, 0.717) is 78.6 Å². The lowest BCUT2D eigenvalue weighted by Gasteiger charge is -2.40. The molecule has 8 saturated heterocycles. The molecule has 0 amide bonds. The first kappa shape index (κ1) is 98.8. The Bertz CT molecular complexity index is 1820. The van der Waals surface area contributed by atoms with Gasteiger partial charge in [0.15, 0.2) is 0 Å². The zero-order chi connectivity index (χ0) is 75.3. The van der Waals surface area contributed by atoms with Crippen molar-refractivity contribution in [2.75, 3.05) is 247 Å². The summed E-state index contributed by atoms with van der Waals surface area (Å²) in [6.45, 7) is 50.8. The average molecular weight is 1470 g/mol. The van der Waals surface area contributed by atoms with Crippen LogP contribution in [-0.2, 0) is 94.8 Å². The van der Waals surface area contributed by atoms with Crippen molar-refractivity contribution in [1.29, 1.82) is 0 Å². The molecular weight excluding hydrogens is 1300 g/mol. The van der Waals surface area contributed by atoms with Gasteiger partial charge in [0, 0.05) is 125 Å². The predicted octanol–water partition coefficient (Wildman–Crippen LogP) is 15.9. The molecule has 8 fully saturated rings. The van der Waals surface area contributed by atoms with Crippen molar-refractivity contribution in [3.05, 3.63) is 0 Å². The van der Waals surface area contributed by atoms with Crippen LogP contribution in [0.1, 0.15) is 237 Å². The number of ether oxygens (including phenoxy) is 19. The number of hydrogen-bond donors (Lipinski definition) is 0. The molecule has 0 aromatic heterocycles. The van der Waals surface area contributed by atoms with E-state index >= 15 is 0 Å². The second kappa shape index (κ2) is 61.5. The molecule has 0 atom stereocenters. The number of unbranched alkanes of at least 4 members (excludes halogenated alkanes) is 15. The maximum atomic E-state index is 11.2. The molecule has 0 radical (unpaired) electrons. The quantitative estimate of drug-likeness (QED) is 0.0412. The molecule has 102 heavy (non-hydrogen) atoms. The highest BCUT2D eigenvalue weighted by atomic mass is 16.6. The van der Waals surface area contributed by atoms with Crippen LogP contribution in [-0.4, -0.2) is 253 Å². The largest absolute Gasteiger partial charge is 0.465 e. The molecule has 20 heteroatoms. The molecule has 0 aromatic rings. The Morgan fingerprint density at radius 2 is 0.510 bits per heavy atom. The van der Waals surface area contributed by atoms with Crippen molar-refractivity contribution >= 4 is 5.97 Å². The summed E-state index contributed by atoms with van der Waals surface area (Å²) in [7, 11) is 8.51. The first-order chi connectivity index (χ1) is 49.3. The summed E-state index contributed by atoms with van der Waals surface area (Å²) in [6.07, 6.45) is 30.7. The molecule has 8 aliphatic rings. The van der Waals surface area contributed by atoms with Crippen LogP contribution in [0.4, 0.5) is 0 Å². The van der Waals surface area contributed by atoms with Crippen molar-refractivity contribution < 1.29 is 94.8 Å². The smallest absolute Gasteiger partial charge is 0.305 e. The Balaban J connectivity index is 0.000000588. The van der Waals surface area contributed by atoms with Crippen LogP contribution >= 0.6 is 0 Å². The second-order valence-corrected chi connectivity index (χ2v) is 32.1. The Morgan fingerprint density at radius 3 is 0.784 bits per heavy atom. The van der Waals surface area contributed by atoms with Crippen molar-refractivity contribution in [1.82, 2.24) is 0 Å². The predicted molar refractivity (Wildman–Crippen MR) is 408 cm³/mol. The number of hydrogen-bond acceptors (Lipinski definition) is 20. The fraction of sp³-hybridized carbons (Fsp3) is 0.988. The van der Waals surface area contributed by atoms with E-state index in [1.807, 2.05) is 0 Å². The van der Waals surface area contributed by atoms with Crippen LogP contribution in [0.15, 0.2) is 0 Å². The first-order valence-electron chi connectivity index (χ1n) is 40.4. The van der Waals surface area contributed by atoms with E-state index in [9.17, 15) is 4.79 Å². The zero-order valence-corrected chi connectivity index (χ0v) is 69.0. The van der Waals surface area contributed by atoms with E-state index in [4.69, 9.17) is 90.0 Å². The number of carbonyl (C=O) groups excluding carboxylic acids is 1. The van der Waals surface area contributed by atoms with Gasteiger partial charge in [-0.1, -0.05) is 166 Å². The number of esters is 1. The SMILES string of the molecule is CCC1(COC)COC1.CCC1(COCCCCOC)COC1.CCCCCCCCCOCC1(CC)COC1.CCCCCCCCOCC1(CC)COC1.CCCCCCOCC1(C)COC1.COCC1(C)COC1.COCCCC(=O)OCC1(C)COC1.COCCOCC1(C)COC1. The first-order valence-corrected chi connectivity index (χ1v) is 40.4. The van der Waals surface area contributed by atoms with Gasteiger partial charge < -0.3 is 90.0 Å². The Kier molecular flexibility index (Phi) is 59.6. The Labute approximate surface area is 625 Å². The highest BCUT2D eigenvalue weighted by molar-refractivity contribution is 5.69. The standard InChI is InChI=1S/C15H30O2.C14H28O2.C11H22O3.C11H22O2.C10H18O4.C8H16O3.C7H14O2.C6H12O2/c1-3-5-6-7-8-9-10-11-16-12-15(4-2)13-17-14-15;1-3-5-6-7-8-9-10-15-11-14(4-2)12-16-13-14;1-3-11(9-14-10-11)8-13-7-5-4-6-12-2;1-3-4-5-6-7-12-8-11(2)9-13-10-11;1-10(6-13-7-10)8-14-9(11)4-3-5-12-2;1-8(6-11-7-8)5-10-4-3-9-2;1-3-7(4-8-2)5-9-6-7;1-6(3-7-2)4-8-5-6/h3-14H2,1-2H3;3-13H2,1-2H3;3-10H2,1-2H3;3-10H2,1-2H3;3-8H2,1-2H3;3-7H2,1-2H3;3-6H2,1-2H3;3-5H2,1-2H3. The molecule has 8 aliphatic heterocycles. The van der Waals surface area contributed by atoms with Crippen molar-refractivity contribution in [2.45, 2.75) is 237 Å². The third-order valence-electron chi connectivity index (χ3n) is 20.2. The van der Waals surface area contributed by atoms with E-state index in [1.165, 1.54) is 128 Å². The lowest BCUT2D eigenvalue weighted by atomic mass is 9.84. The van der Waals surface area contributed by atoms with Gasteiger partial charge in [-0.15, -0.1) is 0 Å². The summed E-state index contributed by atoms with van der Waals surface area (Å²) >= 11 is 0. The van der Waals surface area contributed by atoms with Crippen LogP contribution < -0.4 is 0 Å². The summed E-state index contributed by atoms with van der Waals surface area (Å²) in [4.78, 5) is 11.2. The molecule has 8 heterocycles. The lowest BCUT2D eigenvalue weighted by molar-refractivity contribution is -0.165.